The van der Waals surface area contributed by atoms with Gasteiger partial charge in [0, 0.05) is 25.5 Å². The Balaban J connectivity index is 1.70. The Kier molecular flexibility index (Phi) is 5.12. The maximum absolute atomic E-state index is 12.5. The SMILES string of the molecule is Cc1oc(-n2cccc2)c(C#N)c1C(=O)OCC(=O)N1CCC(C)CC1. The van der Waals surface area contributed by atoms with Crippen LogP contribution in [0.3, 0.4) is 0 Å². The van der Waals surface area contributed by atoms with E-state index in [0.29, 0.717) is 19.0 Å². The minimum atomic E-state index is -0.722. The average Bonchev–Trinajstić information content (AvgIpc) is 3.27. The first-order valence-electron chi connectivity index (χ1n) is 8.63. The van der Waals surface area contributed by atoms with E-state index in [1.165, 1.54) is 0 Å². The number of hydrogen-bond acceptors (Lipinski definition) is 5. The molecule has 7 heteroatoms. The van der Waals surface area contributed by atoms with Gasteiger partial charge in [0.1, 0.15) is 23.0 Å². The topological polar surface area (TPSA) is 88.5 Å². The van der Waals surface area contributed by atoms with Crippen molar-refractivity contribution < 1.29 is 18.7 Å². The molecule has 3 heterocycles. The fraction of sp³-hybridized carbons (Fsp3) is 0.421. The molecule has 26 heavy (non-hydrogen) atoms. The third-order valence-electron chi connectivity index (χ3n) is 4.68. The summed E-state index contributed by atoms with van der Waals surface area (Å²) in [6.07, 6.45) is 5.35. The fourth-order valence-corrected chi connectivity index (χ4v) is 3.08. The second-order valence-corrected chi connectivity index (χ2v) is 6.55. The van der Waals surface area contributed by atoms with Gasteiger partial charge in [0.05, 0.1) is 0 Å². The minimum absolute atomic E-state index is 0.0660. The van der Waals surface area contributed by atoms with Gasteiger partial charge in [0.2, 0.25) is 5.88 Å². The van der Waals surface area contributed by atoms with E-state index in [0.717, 1.165) is 12.8 Å². The number of rotatable bonds is 4. The van der Waals surface area contributed by atoms with Crippen LogP contribution in [0.15, 0.2) is 28.9 Å². The molecular weight excluding hydrogens is 334 g/mol. The lowest BCUT2D eigenvalue weighted by molar-refractivity contribution is -0.135. The maximum Gasteiger partial charge on any atom is 0.343 e. The van der Waals surface area contributed by atoms with Gasteiger partial charge in [-0.15, -0.1) is 0 Å². The first kappa shape index (κ1) is 17.8. The van der Waals surface area contributed by atoms with E-state index in [1.807, 2.05) is 6.07 Å². The molecule has 0 aliphatic carbocycles. The highest BCUT2D eigenvalue weighted by atomic mass is 16.5. The maximum atomic E-state index is 12.5. The van der Waals surface area contributed by atoms with Gasteiger partial charge in [-0.25, -0.2) is 4.79 Å². The summed E-state index contributed by atoms with van der Waals surface area (Å²) >= 11 is 0. The van der Waals surface area contributed by atoms with Crippen molar-refractivity contribution in [1.82, 2.24) is 9.47 Å². The predicted octanol–water partition coefficient (Wildman–Crippen LogP) is 2.67. The Labute approximate surface area is 151 Å². The van der Waals surface area contributed by atoms with E-state index < -0.39 is 5.97 Å². The molecule has 0 unspecified atom stereocenters. The van der Waals surface area contributed by atoms with Gasteiger partial charge in [0.25, 0.3) is 5.91 Å². The number of likely N-dealkylation sites (tertiary alicyclic amines) is 1. The second kappa shape index (κ2) is 7.48. The van der Waals surface area contributed by atoms with Crippen LogP contribution in [0.2, 0.25) is 0 Å². The average molecular weight is 355 g/mol. The van der Waals surface area contributed by atoms with Crippen molar-refractivity contribution in [1.29, 1.82) is 5.26 Å². The molecule has 7 nitrogen and oxygen atoms in total. The fourth-order valence-electron chi connectivity index (χ4n) is 3.08. The van der Waals surface area contributed by atoms with Crippen LogP contribution in [-0.2, 0) is 9.53 Å². The summed E-state index contributed by atoms with van der Waals surface area (Å²) in [4.78, 5) is 26.4. The van der Waals surface area contributed by atoms with Crippen molar-refractivity contribution in [3.63, 3.8) is 0 Å². The number of esters is 1. The molecule has 1 amide bonds. The number of ether oxygens (including phenoxy) is 1. The highest BCUT2D eigenvalue weighted by Crippen LogP contribution is 2.26. The molecule has 0 N–H and O–H groups in total. The van der Waals surface area contributed by atoms with Gasteiger partial charge >= 0.3 is 5.97 Å². The third-order valence-corrected chi connectivity index (χ3v) is 4.68. The largest absolute Gasteiger partial charge is 0.452 e. The molecule has 0 saturated carbocycles. The normalized spacial score (nSPS) is 14.9. The van der Waals surface area contributed by atoms with Gasteiger partial charge in [-0.05, 0) is 37.8 Å². The van der Waals surface area contributed by atoms with E-state index in [2.05, 4.69) is 6.92 Å². The summed E-state index contributed by atoms with van der Waals surface area (Å²) < 4.78 is 12.4. The standard InChI is InChI=1S/C19H21N3O4/c1-13-5-9-21(10-6-13)16(23)12-25-19(24)17-14(2)26-18(15(17)11-20)22-7-3-4-8-22/h3-4,7-8,13H,5-6,9-10,12H2,1-2H3. The van der Waals surface area contributed by atoms with Crippen LogP contribution in [0.1, 0.15) is 41.4 Å². The van der Waals surface area contributed by atoms with Crippen LogP contribution in [0.25, 0.3) is 5.88 Å². The number of nitrogens with zero attached hydrogens (tertiary/aromatic N) is 3. The molecule has 0 aromatic carbocycles. The number of carbonyl (C=O) groups excluding carboxylic acids is 2. The van der Waals surface area contributed by atoms with Crippen molar-refractivity contribution in [2.75, 3.05) is 19.7 Å². The lowest BCUT2D eigenvalue weighted by Gasteiger charge is -2.30. The Hall–Kier alpha value is -3.01. The van der Waals surface area contributed by atoms with Crippen LogP contribution in [0.5, 0.6) is 0 Å². The third kappa shape index (κ3) is 3.49. The highest BCUT2D eigenvalue weighted by molar-refractivity contribution is 5.95. The summed E-state index contributed by atoms with van der Waals surface area (Å²) in [7, 11) is 0. The highest BCUT2D eigenvalue weighted by Gasteiger charge is 2.27. The van der Waals surface area contributed by atoms with Crippen LogP contribution in [0.4, 0.5) is 0 Å². The summed E-state index contributed by atoms with van der Waals surface area (Å²) in [6, 6.07) is 5.57. The van der Waals surface area contributed by atoms with E-state index in [1.54, 1.807) is 40.9 Å². The summed E-state index contributed by atoms with van der Waals surface area (Å²) in [5.41, 5.74) is 0.166. The van der Waals surface area contributed by atoms with Gasteiger partial charge in [-0.3, -0.25) is 9.36 Å². The Morgan fingerprint density at radius 1 is 1.31 bits per heavy atom. The number of aromatic nitrogens is 1. The molecular formula is C19H21N3O4. The Bertz CT molecular complexity index is 837. The van der Waals surface area contributed by atoms with E-state index >= 15 is 0 Å². The lowest BCUT2D eigenvalue weighted by atomic mass is 9.99. The molecule has 0 atom stereocenters. The van der Waals surface area contributed by atoms with Gasteiger partial charge in [-0.2, -0.15) is 5.26 Å². The second-order valence-electron chi connectivity index (χ2n) is 6.55. The van der Waals surface area contributed by atoms with Crippen LogP contribution < -0.4 is 0 Å². The van der Waals surface area contributed by atoms with Crippen molar-refractivity contribution in [2.45, 2.75) is 26.7 Å². The molecule has 2 aromatic rings. The van der Waals surface area contributed by atoms with Crippen molar-refractivity contribution >= 4 is 11.9 Å². The molecule has 0 spiro atoms. The molecule has 1 aliphatic rings. The molecule has 1 saturated heterocycles. The smallest absolute Gasteiger partial charge is 0.343 e. The van der Waals surface area contributed by atoms with Crippen LogP contribution in [0, 0.1) is 24.2 Å². The molecule has 1 fully saturated rings. The predicted molar refractivity (Wildman–Crippen MR) is 92.7 cm³/mol. The number of hydrogen-bond donors (Lipinski definition) is 0. The van der Waals surface area contributed by atoms with Crippen LogP contribution in [-0.4, -0.2) is 41.0 Å². The molecule has 2 aromatic heterocycles. The quantitative estimate of drug-likeness (QED) is 0.787. The monoisotopic (exact) mass is 355 g/mol. The molecule has 136 valence electrons. The zero-order chi connectivity index (χ0) is 18.7. The summed E-state index contributed by atoms with van der Waals surface area (Å²) in [5, 5.41) is 9.46. The van der Waals surface area contributed by atoms with Crippen molar-refractivity contribution in [3.05, 3.63) is 41.4 Å². The summed E-state index contributed by atoms with van der Waals surface area (Å²) in [6.45, 7) is 4.79. The van der Waals surface area contributed by atoms with Gasteiger partial charge < -0.3 is 14.1 Å². The number of aryl methyl sites for hydroxylation is 1. The molecule has 3 rings (SSSR count). The summed E-state index contributed by atoms with van der Waals surface area (Å²) in [5.74, 6) is 0.226. The van der Waals surface area contributed by atoms with E-state index in [4.69, 9.17) is 9.15 Å². The van der Waals surface area contributed by atoms with Crippen LogP contribution >= 0.6 is 0 Å². The number of carbonyl (C=O) groups is 2. The number of piperidine rings is 1. The first-order valence-corrected chi connectivity index (χ1v) is 8.63. The minimum Gasteiger partial charge on any atom is -0.452 e. The first-order chi connectivity index (χ1) is 12.5. The zero-order valence-electron chi connectivity index (χ0n) is 14.9. The molecule has 0 bridgehead atoms. The Morgan fingerprint density at radius 3 is 2.58 bits per heavy atom. The van der Waals surface area contributed by atoms with Gasteiger partial charge in [0.15, 0.2) is 6.61 Å². The Morgan fingerprint density at radius 2 is 1.96 bits per heavy atom. The van der Waals surface area contributed by atoms with E-state index in [-0.39, 0.29) is 35.3 Å². The number of nitriles is 1. The van der Waals surface area contributed by atoms with E-state index in [9.17, 15) is 14.9 Å². The van der Waals surface area contributed by atoms with Gasteiger partial charge in [-0.1, -0.05) is 6.92 Å². The molecule has 1 aliphatic heterocycles. The number of furan rings is 1. The van der Waals surface area contributed by atoms with Crippen molar-refractivity contribution in [3.8, 4) is 12.0 Å². The number of amides is 1. The van der Waals surface area contributed by atoms with Crippen molar-refractivity contribution in [2.24, 2.45) is 5.92 Å². The molecule has 0 radical (unpaired) electrons. The lowest BCUT2D eigenvalue weighted by Crippen LogP contribution is -2.40. The zero-order valence-corrected chi connectivity index (χ0v) is 14.9.